The standard InChI is InChI=1S/C13H19N3O2/c1-15(2)8-7-11-5-3-10-4-6-12(16(17)18)9-13(10)14-11/h4,6,9,11,14H,3,5,7-8H2,1-2H3. The topological polar surface area (TPSA) is 58.4 Å². The minimum atomic E-state index is -0.342. The number of anilines is 1. The Bertz CT molecular complexity index is 446. The van der Waals surface area contributed by atoms with Crippen molar-refractivity contribution in [2.75, 3.05) is 26.0 Å². The van der Waals surface area contributed by atoms with Crippen LogP contribution in [0, 0.1) is 10.1 Å². The van der Waals surface area contributed by atoms with Crippen molar-refractivity contribution in [2.24, 2.45) is 0 Å². The van der Waals surface area contributed by atoms with Gasteiger partial charge in [-0.05, 0) is 45.5 Å². The molecule has 1 aromatic carbocycles. The molecule has 0 saturated carbocycles. The van der Waals surface area contributed by atoms with Crippen LogP contribution >= 0.6 is 0 Å². The molecule has 5 nitrogen and oxygen atoms in total. The third-order valence-corrected chi connectivity index (χ3v) is 3.35. The summed E-state index contributed by atoms with van der Waals surface area (Å²) < 4.78 is 0. The summed E-state index contributed by atoms with van der Waals surface area (Å²) >= 11 is 0. The van der Waals surface area contributed by atoms with Crippen molar-refractivity contribution in [2.45, 2.75) is 25.3 Å². The van der Waals surface area contributed by atoms with Gasteiger partial charge in [0.25, 0.3) is 5.69 Å². The van der Waals surface area contributed by atoms with Crippen LogP contribution in [0.15, 0.2) is 18.2 Å². The van der Waals surface area contributed by atoms with Gasteiger partial charge in [0.05, 0.1) is 4.92 Å². The second-order valence-corrected chi connectivity index (χ2v) is 5.07. The fourth-order valence-electron chi connectivity index (χ4n) is 2.28. The molecule has 0 bridgehead atoms. The van der Waals surface area contributed by atoms with Gasteiger partial charge in [-0.1, -0.05) is 6.07 Å². The van der Waals surface area contributed by atoms with Crippen LogP contribution in [0.3, 0.4) is 0 Å². The van der Waals surface area contributed by atoms with Crippen LogP contribution in [-0.4, -0.2) is 36.5 Å². The maximum Gasteiger partial charge on any atom is 0.271 e. The van der Waals surface area contributed by atoms with Crippen LogP contribution in [0.1, 0.15) is 18.4 Å². The summed E-state index contributed by atoms with van der Waals surface area (Å²) in [5.74, 6) is 0. The van der Waals surface area contributed by atoms with Crippen molar-refractivity contribution in [1.29, 1.82) is 0 Å². The van der Waals surface area contributed by atoms with Crippen LogP contribution in [0.2, 0.25) is 0 Å². The molecule has 1 N–H and O–H groups in total. The highest BCUT2D eigenvalue weighted by Gasteiger charge is 2.19. The van der Waals surface area contributed by atoms with Gasteiger partial charge >= 0.3 is 0 Å². The summed E-state index contributed by atoms with van der Waals surface area (Å²) in [6, 6.07) is 5.52. The second kappa shape index (κ2) is 5.35. The van der Waals surface area contributed by atoms with Gasteiger partial charge in [0.15, 0.2) is 0 Å². The highest BCUT2D eigenvalue weighted by molar-refractivity contribution is 5.59. The molecule has 0 fully saturated rings. The fraction of sp³-hybridized carbons (Fsp3) is 0.538. The summed E-state index contributed by atoms with van der Waals surface area (Å²) in [5.41, 5.74) is 2.27. The van der Waals surface area contributed by atoms with Crippen molar-refractivity contribution < 1.29 is 4.92 Å². The second-order valence-electron chi connectivity index (χ2n) is 5.07. The van der Waals surface area contributed by atoms with Crippen molar-refractivity contribution >= 4 is 11.4 Å². The number of non-ortho nitro benzene ring substituents is 1. The molecular weight excluding hydrogens is 230 g/mol. The summed E-state index contributed by atoms with van der Waals surface area (Å²) in [6.45, 7) is 1.03. The van der Waals surface area contributed by atoms with E-state index in [0.717, 1.165) is 31.5 Å². The molecule has 0 spiro atoms. The first-order chi connectivity index (χ1) is 8.56. The Balaban J connectivity index is 2.07. The minimum Gasteiger partial charge on any atom is -0.382 e. The number of nitrogens with one attached hydrogen (secondary N) is 1. The van der Waals surface area contributed by atoms with E-state index in [0.29, 0.717) is 6.04 Å². The highest BCUT2D eigenvalue weighted by atomic mass is 16.6. The fourth-order valence-corrected chi connectivity index (χ4v) is 2.28. The van der Waals surface area contributed by atoms with E-state index >= 15 is 0 Å². The third kappa shape index (κ3) is 2.98. The smallest absolute Gasteiger partial charge is 0.271 e. The first-order valence-electron chi connectivity index (χ1n) is 6.25. The van der Waals surface area contributed by atoms with Crippen molar-refractivity contribution in [3.05, 3.63) is 33.9 Å². The Hall–Kier alpha value is -1.62. The monoisotopic (exact) mass is 249 g/mol. The molecule has 0 saturated heterocycles. The lowest BCUT2D eigenvalue weighted by molar-refractivity contribution is -0.384. The lowest BCUT2D eigenvalue weighted by atomic mass is 9.96. The lowest BCUT2D eigenvalue weighted by Crippen LogP contribution is -2.29. The molecular formula is C13H19N3O2. The van der Waals surface area contributed by atoms with Gasteiger partial charge in [-0.25, -0.2) is 0 Å². The van der Waals surface area contributed by atoms with Gasteiger partial charge in [-0.2, -0.15) is 0 Å². The number of aryl methyl sites for hydroxylation is 1. The van der Waals surface area contributed by atoms with Crippen LogP contribution in [0.25, 0.3) is 0 Å². The SMILES string of the molecule is CN(C)CCC1CCc2ccc([N+](=O)[O-])cc2N1. The zero-order chi connectivity index (χ0) is 13.1. The lowest BCUT2D eigenvalue weighted by Gasteiger charge is -2.27. The number of benzene rings is 1. The van der Waals surface area contributed by atoms with Gasteiger partial charge in [0.2, 0.25) is 0 Å². The summed E-state index contributed by atoms with van der Waals surface area (Å²) in [7, 11) is 4.11. The van der Waals surface area contributed by atoms with E-state index in [1.165, 1.54) is 5.56 Å². The quantitative estimate of drug-likeness (QED) is 0.657. The Labute approximate surface area is 107 Å². The van der Waals surface area contributed by atoms with Crippen molar-refractivity contribution in [1.82, 2.24) is 4.90 Å². The average molecular weight is 249 g/mol. The number of hydrogen-bond donors (Lipinski definition) is 1. The molecule has 0 amide bonds. The molecule has 0 aliphatic carbocycles. The first-order valence-corrected chi connectivity index (χ1v) is 6.25. The van der Waals surface area contributed by atoms with Gasteiger partial charge < -0.3 is 10.2 Å². The molecule has 1 heterocycles. The van der Waals surface area contributed by atoms with E-state index in [9.17, 15) is 10.1 Å². The van der Waals surface area contributed by atoms with Crippen molar-refractivity contribution in [3.63, 3.8) is 0 Å². The first kappa shape index (κ1) is 12.8. The van der Waals surface area contributed by atoms with Gasteiger partial charge in [0.1, 0.15) is 0 Å². The normalized spacial score (nSPS) is 18.3. The predicted molar refractivity (Wildman–Crippen MR) is 72.0 cm³/mol. The summed E-state index contributed by atoms with van der Waals surface area (Å²) in [5, 5.41) is 14.2. The van der Waals surface area contributed by atoms with E-state index in [-0.39, 0.29) is 10.6 Å². The van der Waals surface area contributed by atoms with E-state index in [2.05, 4.69) is 24.3 Å². The minimum absolute atomic E-state index is 0.162. The summed E-state index contributed by atoms with van der Waals surface area (Å²) in [6.07, 6.45) is 3.16. The average Bonchev–Trinajstić information content (AvgIpc) is 2.35. The maximum absolute atomic E-state index is 10.8. The van der Waals surface area contributed by atoms with E-state index in [1.54, 1.807) is 12.1 Å². The molecule has 1 aliphatic heterocycles. The molecule has 18 heavy (non-hydrogen) atoms. The zero-order valence-corrected chi connectivity index (χ0v) is 10.8. The number of nitrogens with zero attached hydrogens (tertiary/aromatic N) is 2. The molecule has 0 radical (unpaired) electrons. The number of nitro benzene ring substituents is 1. The zero-order valence-electron chi connectivity index (χ0n) is 10.8. The molecule has 2 rings (SSSR count). The number of hydrogen-bond acceptors (Lipinski definition) is 4. The third-order valence-electron chi connectivity index (χ3n) is 3.35. The van der Waals surface area contributed by atoms with Crippen LogP contribution in [-0.2, 0) is 6.42 Å². The Morgan fingerprint density at radius 2 is 2.28 bits per heavy atom. The number of rotatable bonds is 4. The Morgan fingerprint density at radius 1 is 1.50 bits per heavy atom. The Morgan fingerprint density at radius 3 is 2.94 bits per heavy atom. The molecule has 98 valence electrons. The van der Waals surface area contributed by atoms with Crippen LogP contribution < -0.4 is 5.32 Å². The van der Waals surface area contributed by atoms with E-state index in [4.69, 9.17) is 0 Å². The van der Waals surface area contributed by atoms with Gasteiger partial charge in [0, 0.05) is 23.9 Å². The molecule has 1 aromatic rings. The molecule has 1 unspecified atom stereocenters. The molecule has 5 heteroatoms. The highest BCUT2D eigenvalue weighted by Crippen LogP contribution is 2.29. The molecule has 1 atom stereocenters. The predicted octanol–water partition coefficient (Wildman–Crippen LogP) is 2.27. The van der Waals surface area contributed by atoms with Gasteiger partial charge in [-0.15, -0.1) is 0 Å². The summed E-state index contributed by atoms with van der Waals surface area (Å²) in [4.78, 5) is 12.6. The van der Waals surface area contributed by atoms with Crippen LogP contribution in [0.4, 0.5) is 11.4 Å². The van der Waals surface area contributed by atoms with E-state index < -0.39 is 0 Å². The largest absolute Gasteiger partial charge is 0.382 e. The number of nitro groups is 1. The van der Waals surface area contributed by atoms with Crippen molar-refractivity contribution in [3.8, 4) is 0 Å². The maximum atomic E-state index is 10.8. The number of fused-ring (bicyclic) bond motifs is 1. The van der Waals surface area contributed by atoms with Crippen LogP contribution in [0.5, 0.6) is 0 Å². The molecule has 1 aliphatic rings. The molecule has 0 aromatic heterocycles. The Kier molecular flexibility index (Phi) is 3.81. The van der Waals surface area contributed by atoms with E-state index in [1.807, 2.05) is 6.07 Å². The van der Waals surface area contributed by atoms with Gasteiger partial charge in [-0.3, -0.25) is 10.1 Å².